The minimum Gasteiger partial charge on any atom is -0.376 e. The number of hydrogen-bond donors (Lipinski definition) is 3. The Morgan fingerprint density at radius 3 is 2.71 bits per heavy atom. The molecular formula is C18H24N4O2. The van der Waals surface area contributed by atoms with Gasteiger partial charge in [-0.3, -0.25) is 9.59 Å². The van der Waals surface area contributed by atoms with Crippen molar-refractivity contribution in [3.63, 3.8) is 0 Å². The molecule has 0 unspecified atom stereocenters. The average molecular weight is 328 g/mol. The molecule has 6 heteroatoms. The van der Waals surface area contributed by atoms with Crippen molar-refractivity contribution in [1.82, 2.24) is 10.6 Å². The molecule has 1 aliphatic rings. The van der Waals surface area contributed by atoms with Gasteiger partial charge in [0.15, 0.2) is 0 Å². The van der Waals surface area contributed by atoms with Crippen LogP contribution in [0, 0.1) is 11.3 Å². The summed E-state index contributed by atoms with van der Waals surface area (Å²) in [5.74, 6) is -0.335. The first-order valence-corrected chi connectivity index (χ1v) is 8.43. The summed E-state index contributed by atoms with van der Waals surface area (Å²) in [5, 5.41) is 18.0. The van der Waals surface area contributed by atoms with E-state index in [-0.39, 0.29) is 18.4 Å². The third kappa shape index (κ3) is 4.72. The SMILES string of the molecule is CCCNC(=O)c1cccc(NCC(=O)NC2(C#N)CCCC2)c1. The number of carbonyl (C=O) groups excluding carboxylic acids is 2. The van der Waals surface area contributed by atoms with Crippen LogP contribution in [0.4, 0.5) is 5.69 Å². The van der Waals surface area contributed by atoms with Crippen molar-refractivity contribution in [3.05, 3.63) is 29.8 Å². The molecule has 0 spiro atoms. The molecule has 3 N–H and O–H groups in total. The van der Waals surface area contributed by atoms with Gasteiger partial charge in [0.1, 0.15) is 5.54 Å². The first kappa shape index (κ1) is 17.8. The van der Waals surface area contributed by atoms with Gasteiger partial charge in [-0.25, -0.2) is 0 Å². The van der Waals surface area contributed by atoms with Crippen molar-refractivity contribution in [2.45, 2.75) is 44.6 Å². The van der Waals surface area contributed by atoms with Gasteiger partial charge in [-0.15, -0.1) is 0 Å². The number of benzene rings is 1. The topological polar surface area (TPSA) is 94.0 Å². The van der Waals surface area contributed by atoms with E-state index in [4.69, 9.17) is 0 Å². The van der Waals surface area contributed by atoms with Gasteiger partial charge in [0.05, 0.1) is 12.6 Å². The lowest BCUT2D eigenvalue weighted by atomic mass is 10.00. The van der Waals surface area contributed by atoms with Crippen LogP contribution in [-0.2, 0) is 4.79 Å². The summed E-state index contributed by atoms with van der Waals surface area (Å²) in [6.45, 7) is 2.70. The van der Waals surface area contributed by atoms with Crippen LogP contribution in [0.1, 0.15) is 49.4 Å². The summed E-state index contributed by atoms with van der Waals surface area (Å²) in [5.41, 5.74) is 0.547. The predicted octanol–water partition coefficient (Wildman–Crippen LogP) is 2.19. The number of nitriles is 1. The Morgan fingerprint density at radius 2 is 2.04 bits per heavy atom. The zero-order chi connectivity index (χ0) is 17.4. The molecule has 0 radical (unpaired) electrons. The first-order valence-electron chi connectivity index (χ1n) is 8.43. The molecule has 1 aromatic rings. The van der Waals surface area contributed by atoms with E-state index in [2.05, 4.69) is 22.0 Å². The molecule has 128 valence electrons. The predicted molar refractivity (Wildman–Crippen MR) is 92.5 cm³/mol. The maximum Gasteiger partial charge on any atom is 0.251 e. The van der Waals surface area contributed by atoms with Crippen molar-refractivity contribution in [3.8, 4) is 6.07 Å². The van der Waals surface area contributed by atoms with E-state index in [1.165, 1.54) is 0 Å². The summed E-state index contributed by atoms with van der Waals surface area (Å²) < 4.78 is 0. The zero-order valence-corrected chi connectivity index (χ0v) is 14.0. The number of carbonyl (C=O) groups is 2. The Balaban J connectivity index is 1.89. The summed E-state index contributed by atoms with van der Waals surface area (Å²) >= 11 is 0. The van der Waals surface area contributed by atoms with Crippen molar-refractivity contribution >= 4 is 17.5 Å². The van der Waals surface area contributed by atoms with Crippen molar-refractivity contribution in [2.24, 2.45) is 0 Å². The number of amides is 2. The smallest absolute Gasteiger partial charge is 0.251 e. The van der Waals surface area contributed by atoms with E-state index >= 15 is 0 Å². The minimum absolute atomic E-state index is 0.0729. The highest BCUT2D eigenvalue weighted by molar-refractivity contribution is 5.95. The van der Waals surface area contributed by atoms with Gasteiger partial charge in [-0.2, -0.15) is 5.26 Å². The zero-order valence-electron chi connectivity index (χ0n) is 14.0. The highest BCUT2D eigenvalue weighted by Gasteiger charge is 2.35. The lowest BCUT2D eigenvalue weighted by molar-refractivity contribution is -0.120. The average Bonchev–Trinajstić information content (AvgIpc) is 3.07. The lowest BCUT2D eigenvalue weighted by Crippen LogP contribution is -2.47. The fourth-order valence-electron chi connectivity index (χ4n) is 2.85. The van der Waals surface area contributed by atoms with Gasteiger partial charge in [-0.1, -0.05) is 13.0 Å². The van der Waals surface area contributed by atoms with Crippen LogP contribution in [0.5, 0.6) is 0 Å². The molecule has 1 saturated carbocycles. The monoisotopic (exact) mass is 328 g/mol. The number of anilines is 1. The molecular weight excluding hydrogens is 304 g/mol. The van der Waals surface area contributed by atoms with E-state index in [1.807, 2.05) is 6.92 Å². The van der Waals surface area contributed by atoms with Crippen molar-refractivity contribution in [1.29, 1.82) is 5.26 Å². The van der Waals surface area contributed by atoms with Crippen LogP contribution in [-0.4, -0.2) is 30.4 Å². The second kappa shape index (κ2) is 8.34. The van der Waals surface area contributed by atoms with Crippen LogP contribution in [0.3, 0.4) is 0 Å². The van der Waals surface area contributed by atoms with Gasteiger partial charge in [-0.05, 0) is 50.3 Å². The summed E-state index contributed by atoms with van der Waals surface area (Å²) in [6, 6.07) is 9.27. The van der Waals surface area contributed by atoms with Crippen molar-refractivity contribution in [2.75, 3.05) is 18.4 Å². The van der Waals surface area contributed by atoms with Gasteiger partial charge < -0.3 is 16.0 Å². The highest BCUT2D eigenvalue weighted by atomic mass is 16.2. The van der Waals surface area contributed by atoms with Crippen LogP contribution in [0.25, 0.3) is 0 Å². The second-order valence-corrected chi connectivity index (χ2v) is 6.14. The number of rotatable bonds is 7. The highest BCUT2D eigenvalue weighted by Crippen LogP contribution is 2.28. The molecule has 2 amide bonds. The Morgan fingerprint density at radius 1 is 1.29 bits per heavy atom. The van der Waals surface area contributed by atoms with Crippen LogP contribution >= 0.6 is 0 Å². The van der Waals surface area contributed by atoms with Crippen LogP contribution < -0.4 is 16.0 Å². The van der Waals surface area contributed by atoms with E-state index in [1.54, 1.807) is 24.3 Å². The molecule has 1 fully saturated rings. The fraction of sp³-hybridized carbons (Fsp3) is 0.500. The Kier molecular flexibility index (Phi) is 6.19. The third-order valence-corrected chi connectivity index (χ3v) is 4.16. The molecule has 2 rings (SSSR count). The molecule has 6 nitrogen and oxygen atoms in total. The van der Waals surface area contributed by atoms with E-state index < -0.39 is 5.54 Å². The van der Waals surface area contributed by atoms with E-state index in [9.17, 15) is 14.9 Å². The Hall–Kier alpha value is -2.55. The summed E-state index contributed by atoms with van der Waals surface area (Å²) in [4.78, 5) is 24.0. The molecule has 24 heavy (non-hydrogen) atoms. The lowest BCUT2D eigenvalue weighted by Gasteiger charge is -2.22. The quantitative estimate of drug-likeness (QED) is 0.715. The molecule has 0 aromatic heterocycles. The minimum atomic E-state index is -0.708. The maximum atomic E-state index is 12.1. The standard InChI is InChI=1S/C18H24N4O2/c1-2-10-20-17(24)14-6-5-7-15(11-14)21-12-16(23)22-18(13-19)8-3-4-9-18/h5-7,11,21H,2-4,8-10,12H2,1H3,(H,20,24)(H,22,23). The molecule has 0 heterocycles. The normalized spacial score (nSPS) is 15.3. The van der Waals surface area contributed by atoms with E-state index in [0.717, 1.165) is 19.3 Å². The molecule has 1 aliphatic carbocycles. The largest absolute Gasteiger partial charge is 0.376 e. The van der Waals surface area contributed by atoms with Gasteiger partial charge in [0.2, 0.25) is 5.91 Å². The Bertz CT molecular complexity index is 630. The third-order valence-electron chi connectivity index (χ3n) is 4.16. The summed E-state index contributed by atoms with van der Waals surface area (Å²) in [6.07, 6.45) is 4.24. The maximum absolute atomic E-state index is 12.1. The Labute approximate surface area is 142 Å². The molecule has 0 bridgehead atoms. The molecule has 0 aliphatic heterocycles. The molecule has 1 aromatic carbocycles. The van der Waals surface area contributed by atoms with Crippen molar-refractivity contribution < 1.29 is 9.59 Å². The summed E-state index contributed by atoms with van der Waals surface area (Å²) in [7, 11) is 0. The van der Waals surface area contributed by atoms with Crippen LogP contribution in [0.2, 0.25) is 0 Å². The second-order valence-electron chi connectivity index (χ2n) is 6.14. The van der Waals surface area contributed by atoms with Gasteiger partial charge in [0.25, 0.3) is 5.91 Å². The molecule has 0 atom stereocenters. The molecule has 0 saturated heterocycles. The number of nitrogens with one attached hydrogen (secondary N) is 3. The number of hydrogen-bond acceptors (Lipinski definition) is 4. The fourth-order valence-corrected chi connectivity index (χ4v) is 2.85. The number of nitrogens with zero attached hydrogens (tertiary/aromatic N) is 1. The van der Waals surface area contributed by atoms with Gasteiger partial charge in [0, 0.05) is 17.8 Å². The van der Waals surface area contributed by atoms with Gasteiger partial charge >= 0.3 is 0 Å². The van der Waals surface area contributed by atoms with Crippen LogP contribution in [0.15, 0.2) is 24.3 Å². The van der Waals surface area contributed by atoms with E-state index in [0.29, 0.717) is 30.6 Å². The first-order chi connectivity index (χ1) is 11.6.